The van der Waals surface area contributed by atoms with E-state index in [1.165, 1.54) is 13.8 Å². The number of carbonyl (C=O) groups excluding carboxylic acids is 1. The van der Waals surface area contributed by atoms with E-state index in [4.69, 9.17) is 13.8 Å². The van der Waals surface area contributed by atoms with Crippen LogP contribution in [0.4, 0.5) is 35.1 Å². The minimum absolute atomic E-state index is 0.0530. The Morgan fingerprint density at radius 1 is 1.07 bits per heavy atom. The molecule has 1 aromatic heterocycles. The maximum atomic E-state index is 15.6. The Balaban J connectivity index is 2.68. The second kappa shape index (κ2) is 12.9. The maximum absolute atomic E-state index is 15.6. The summed E-state index contributed by atoms with van der Waals surface area (Å²) >= 11 is 3.37. The summed E-state index contributed by atoms with van der Waals surface area (Å²) in [4.78, 5) is 10.4. The molecular weight excluding hydrogens is 689 g/mol. The monoisotopic (exact) mass is 711 g/mol. The Kier molecular flexibility index (Phi) is 11.2. The highest BCUT2D eigenvalue weighted by molar-refractivity contribution is 9.10. The number of benzene rings is 1. The van der Waals surface area contributed by atoms with E-state index in [1.54, 1.807) is 0 Å². The van der Waals surface area contributed by atoms with Gasteiger partial charge in [-0.25, -0.2) is 4.21 Å². The summed E-state index contributed by atoms with van der Waals surface area (Å²) in [6.07, 6.45) is -10.9. The van der Waals surface area contributed by atoms with Crippen LogP contribution in [0.25, 0.3) is 10.1 Å². The molecule has 0 N–H and O–H groups in total. The average Bonchev–Trinajstić information content (AvgIpc) is 3.12. The average molecular weight is 712 g/mol. The molecule has 1 amide bonds. The van der Waals surface area contributed by atoms with E-state index >= 15 is 8.78 Å². The summed E-state index contributed by atoms with van der Waals surface area (Å²) in [6.45, 7) is 1.32. The maximum Gasteiger partial charge on any atom is 0.474 e. The van der Waals surface area contributed by atoms with Gasteiger partial charge in [-0.1, -0.05) is 0 Å². The van der Waals surface area contributed by atoms with Crippen molar-refractivity contribution in [1.29, 1.82) is 0 Å². The molecule has 0 aliphatic heterocycles. The van der Waals surface area contributed by atoms with Gasteiger partial charge in [0.25, 0.3) is 0 Å². The van der Waals surface area contributed by atoms with Crippen LogP contribution in [0.5, 0.6) is 5.75 Å². The smallest absolute Gasteiger partial charge is 0.474 e. The van der Waals surface area contributed by atoms with Gasteiger partial charge in [0.15, 0.2) is 0 Å². The fraction of sp³-hybridized carbons (Fsp3) is 0.571. The third-order valence-corrected chi connectivity index (χ3v) is 10.8. The molecule has 40 heavy (non-hydrogen) atoms. The van der Waals surface area contributed by atoms with Crippen molar-refractivity contribution in [2.24, 2.45) is 4.36 Å². The highest BCUT2D eigenvalue weighted by Gasteiger charge is 2.57. The lowest BCUT2D eigenvalue weighted by Gasteiger charge is -2.25. The summed E-state index contributed by atoms with van der Waals surface area (Å²) in [6, 6.07) is 2.24. The van der Waals surface area contributed by atoms with Crippen LogP contribution in [0, 0.1) is 0 Å². The molecule has 0 aliphatic rings. The van der Waals surface area contributed by atoms with Crippen LogP contribution in [0.3, 0.4) is 0 Å². The highest BCUT2D eigenvalue weighted by Crippen LogP contribution is 2.69. The number of hydrogen-bond donors (Lipinski definition) is 0. The van der Waals surface area contributed by atoms with Crippen molar-refractivity contribution >= 4 is 60.6 Å². The lowest BCUT2D eigenvalue weighted by Crippen LogP contribution is -2.22. The Labute approximate surface area is 236 Å². The number of alkyl halides is 8. The molecule has 1 unspecified atom stereocenters. The molecule has 1 aromatic carbocycles. The molecule has 0 bridgehead atoms. The van der Waals surface area contributed by atoms with Crippen LogP contribution in [0.2, 0.25) is 0 Å². The molecule has 0 spiro atoms. The zero-order valence-electron chi connectivity index (χ0n) is 21.0. The van der Waals surface area contributed by atoms with Gasteiger partial charge in [-0.05, 0) is 53.9 Å². The minimum Gasteiger partial charge on any atom is -0.492 e. The summed E-state index contributed by atoms with van der Waals surface area (Å²) in [5.41, 5.74) is -4.31. The first-order chi connectivity index (χ1) is 18.2. The van der Waals surface area contributed by atoms with Crippen LogP contribution in [-0.4, -0.2) is 48.5 Å². The van der Waals surface area contributed by atoms with Gasteiger partial charge < -0.3 is 13.8 Å². The van der Waals surface area contributed by atoms with Crippen LogP contribution < -0.4 is 4.74 Å². The van der Waals surface area contributed by atoms with Crippen LogP contribution in [0.1, 0.15) is 37.1 Å². The third kappa shape index (κ3) is 8.60. The van der Waals surface area contributed by atoms with E-state index in [1.807, 2.05) is 0 Å². The Hall–Kier alpha value is -1.33. The van der Waals surface area contributed by atoms with Crippen LogP contribution in [0.15, 0.2) is 21.0 Å². The number of fused-ring (bicyclic) bond motifs is 1. The largest absolute Gasteiger partial charge is 0.492 e. The van der Waals surface area contributed by atoms with Crippen molar-refractivity contribution < 1.29 is 62.5 Å². The van der Waals surface area contributed by atoms with Crippen molar-refractivity contribution in [3.63, 3.8) is 0 Å². The van der Waals surface area contributed by atoms with Gasteiger partial charge in [0, 0.05) is 22.5 Å². The molecule has 7 nitrogen and oxygen atoms in total. The fourth-order valence-electron chi connectivity index (χ4n) is 3.27. The van der Waals surface area contributed by atoms with Crippen molar-refractivity contribution in [1.82, 2.24) is 0 Å². The second-order valence-corrected chi connectivity index (χ2v) is 14.4. The van der Waals surface area contributed by atoms with E-state index in [2.05, 4.69) is 20.3 Å². The normalized spacial score (nSPS) is 14.8. The van der Waals surface area contributed by atoms with E-state index in [9.17, 15) is 39.9 Å². The lowest BCUT2D eigenvalue weighted by molar-refractivity contribution is -0.169. The number of halogens is 9. The van der Waals surface area contributed by atoms with Crippen LogP contribution >= 0.6 is 34.9 Å². The van der Waals surface area contributed by atoms with Gasteiger partial charge in [-0.3, -0.25) is 9.36 Å². The molecule has 0 fully saturated rings. The molecule has 0 radical (unpaired) electrons. The molecule has 1 heterocycles. The Morgan fingerprint density at radius 3 is 2.15 bits per heavy atom. The number of ether oxygens (including phenoxy) is 1. The molecule has 0 saturated heterocycles. The Morgan fingerprint density at radius 2 is 1.65 bits per heavy atom. The number of thiophene rings is 1. The topological polar surface area (TPSA) is 91.3 Å². The predicted molar refractivity (Wildman–Crippen MR) is 136 cm³/mol. The number of rotatable bonds is 12. The van der Waals surface area contributed by atoms with Gasteiger partial charge in [0.05, 0.1) is 40.0 Å². The molecule has 228 valence electrons. The molecule has 2 rings (SSSR count). The lowest BCUT2D eigenvalue weighted by atomic mass is 10.1. The summed E-state index contributed by atoms with van der Waals surface area (Å²) in [7, 11) is -8.95. The first-order valence-corrected chi connectivity index (χ1v) is 16.4. The molecule has 0 saturated carbocycles. The zero-order valence-corrected chi connectivity index (χ0v) is 25.1. The van der Waals surface area contributed by atoms with Gasteiger partial charge in [0.2, 0.25) is 0 Å². The third-order valence-electron chi connectivity index (χ3n) is 4.78. The number of nitrogens with zero attached hydrogens (tertiary/aromatic N) is 1. The molecule has 19 heteroatoms. The number of carbonyl (C=O) groups is 1. The van der Waals surface area contributed by atoms with Gasteiger partial charge in [-0.2, -0.15) is 39.5 Å². The molecule has 2 aromatic rings. The quantitative estimate of drug-likeness (QED) is 0.125. The summed E-state index contributed by atoms with van der Waals surface area (Å²) < 4.78 is 150. The second-order valence-electron chi connectivity index (χ2n) is 8.16. The first kappa shape index (κ1) is 34.9. The van der Waals surface area contributed by atoms with Gasteiger partial charge in [0.1, 0.15) is 10.6 Å². The van der Waals surface area contributed by atoms with Crippen molar-refractivity contribution in [2.45, 2.75) is 50.5 Å². The van der Waals surface area contributed by atoms with Crippen molar-refractivity contribution in [3.8, 4) is 5.75 Å². The standard InChI is InChI=1S/C21H23BrF8NO6PS2/c1-4-36-38(33,37-5-2)21(29,30)17-15(22)13-9-12(11-40(3,34)31-18(32)20(26,27)28)10-14(16(13)39-17)35-8-6-7-19(23,24)25/h9-10H,4-8,11H2,1-3H3. The minimum atomic E-state index is -5.39. The van der Waals surface area contributed by atoms with Crippen molar-refractivity contribution in [3.05, 3.63) is 27.0 Å². The first-order valence-electron chi connectivity index (χ1n) is 11.2. The predicted octanol–water partition coefficient (Wildman–Crippen LogP) is 8.39. The highest BCUT2D eigenvalue weighted by atomic mass is 79.9. The van der Waals surface area contributed by atoms with E-state index in [0.29, 0.717) is 11.3 Å². The molecule has 1 atom stereocenters. The zero-order chi connectivity index (χ0) is 30.7. The summed E-state index contributed by atoms with van der Waals surface area (Å²) in [5, 5.41) is -0.0695. The van der Waals surface area contributed by atoms with Gasteiger partial charge >= 0.3 is 31.5 Å². The van der Waals surface area contributed by atoms with E-state index in [0.717, 1.165) is 18.4 Å². The fourth-order valence-corrected chi connectivity index (χ4v) is 8.59. The summed E-state index contributed by atoms with van der Waals surface area (Å²) in [5.74, 6) is -3.62. The van der Waals surface area contributed by atoms with Crippen LogP contribution in [-0.2, 0) is 39.6 Å². The molecule has 0 aliphatic carbocycles. The SMILES string of the molecule is CCOP(=O)(OCC)C(F)(F)c1sc2c(OCCCC(F)(F)F)cc(CS(C)(=O)=NC(=O)C(F)(F)F)cc2c1Br. The van der Waals surface area contributed by atoms with E-state index < -0.39 is 84.5 Å². The van der Waals surface area contributed by atoms with E-state index in [-0.39, 0.29) is 25.9 Å². The Bertz CT molecular complexity index is 1390. The van der Waals surface area contributed by atoms with Gasteiger partial charge in [-0.15, -0.1) is 11.3 Å². The van der Waals surface area contributed by atoms with Crippen molar-refractivity contribution in [2.75, 3.05) is 26.1 Å². The molecular formula is C21H23BrF8NO6PS2. The number of amides is 1. The number of hydrogen-bond acceptors (Lipinski definition) is 7.